The molecule has 0 aliphatic rings. The first-order valence-electron chi connectivity index (χ1n) is 7.40. The van der Waals surface area contributed by atoms with E-state index in [0.29, 0.717) is 10.8 Å². The van der Waals surface area contributed by atoms with E-state index >= 15 is 0 Å². The number of amides is 2. The molecule has 0 aliphatic heterocycles. The van der Waals surface area contributed by atoms with Crippen LogP contribution in [0.15, 0.2) is 54.6 Å². The molecule has 5 nitrogen and oxygen atoms in total. The van der Waals surface area contributed by atoms with Gasteiger partial charge in [0, 0.05) is 11.1 Å². The zero-order valence-electron chi connectivity index (χ0n) is 13.3. The monoisotopic (exact) mass is 362 g/mol. The number of hydrogen-bond donors (Lipinski definition) is 2. The molecule has 2 aromatic carbocycles. The van der Waals surface area contributed by atoms with E-state index in [4.69, 9.17) is 16.3 Å². The maximum absolute atomic E-state index is 12.8. The molecule has 2 rings (SSSR count). The first kappa shape index (κ1) is 18.5. The summed E-state index contributed by atoms with van der Waals surface area (Å²) in [5, 5.41) is 0.601. The summed E-state index contributed by atoms with van der Waals surface area (Å²) >= 11 is 5.77. The van der Waals surface area contributed by atoms with Crippen molar-refractivity contribution in [2.24, 2.45) is 0 Å². The van der Waals surface area contributed by atoms with E-state index in [0.717, 1.165) is 5.56 Å². The molecule has 0 bridgehead atoms. The molecule has 0 aromatic heterocycles. The van der Waals surface area contributed by atoms with Gasteiger partial charge in [-0.15, -0.1) is 0 Å². The summed E-state index contributed by atoms with van der Waals surface area (Å²) in [5.41, 5.74) is 5.29. The van der Waals surface area contributed by atoms with Crippen LogP contribution in [-0.2, 0) is 9.59 Å². The third kappa shape index (κ3) is 6.27. The van der Waals surface area contributed by atoms with Crippen LogP contribution in [0.4, 0.5) is 4.39 Å². The Morgan fingerprint density at radius 1 is 1.08 bits per heavy atom. The number of ether oxygens (including phenoxy) is 1. The molecule has 0 heterocycles. The smallest absolute Gasteiger partial charge is 0.279 e. The highest BCUT2D eigenvalue weighted by Gasteiger charge is 2.14. The van der Waals surface area contributed by atoms with E-state index in [-0.39, 0.29) is 0 Å². The first-order valence-corrected chi connectivity index (χ1v) is 7.77. The molecule has 0 spiro atoms. The average Bonchev–Trinajstić information content (AvgIpc) is 2.61. The Morgan fingerprint density at radius 3 is 2.36 bits per heavy atom. The Balaban J connectivity index is 1.79. The van der Waals surface area contributed by atoms with Crippen LogP contribution in [0.25, 0.3) is 6.08 Å². The standard InChI is InChI=1S/C18H16ClFN2O3/c1-12(25-16-9-7-15(20)8-10-16)18(24)22-21-17(23)11-4-13-2-5-14(19)6-3-13/h2-12H,1H3,(H,21,23)(H,22,24)/b11-4+. The molecule has 1 unspecified atom stereocenters. The van der Waals surface area contributed by atoms with E-state index < -0.39 is 23.7 Å². The van der Waals surface area contributed by atoms with Crippen molar-refractivity contribution in [2.45, 2.75) is 13.0 Å². The highest BCUT2D eigenvalue weighted by Crippen LogP contribution is 2.13. The van der Waals surface area contributed by atoms with Crippen molar-refractivity contribution in [2.75, 3.05) is 0 Å². The lowest BCUT2D eigenvalue weighted by Gasteiger charge is -2.14. The van der Waals surface area contributed by atoms with Gasteiger partial charge < -0.3 is 4.74 Å². The highest BCUT2D eigenvalue weighted by atomic mass is 35.5. The molecule has 0 aliphatic carbocycles. The molecule has 130 valence electrons. The van der Waals surface area contributed by atoms with Gasteiger partial charge in [-0.05, 0) is 55.0 Å². The van der Waals surface area contributed by atoms with E-state index in [1.54, 1.807) is 30.3 Å². The molecular weight excluding hydrogens is 347 g/mol. The lowest BCUT2D eigenvalue weighted by molar-refractivity contribution is -0.131. The molecule has 2 aromatic rings. The zero-order valence-corrected chi connectivity index (χ0v) is 14.1. The highest BCUT2D eigenvalue weighted by molar-refractivity contribution is 6.30. The summed E-state index contributed by atoms with van der Waals surface area (Å²) in [6, 6.07) is 12.2. The Kier molecular flexibility index (Phi) is 6.54. The van der Waals surface area contributed by atoms with Crippen LogP contribution in [-0.4, -0.2) is 17.9 Å². The van der Waals surface area contributed by atoms with Gasteiger partial charge in [-0.2, -0.15) is 0 Å². The van der Waals surface area contributed by atoms with Crippen LogP contribution >= 0.6 is 11.6 Å². The first-order chi connectivity index (χ1) is 11.9. The van der Waals surface area contributed by atoms with Crippen LogP contribution in [0.2, 0.25) is 5.02 Å². The summed E-state index contributed by atoms with van der Waals surface area (Å²) in [5.74, 6) is -1.10. The second-order valence-corrected chi connectivity index (χ2v) is 5.51. The molecular formula is C18H16ClFN2O3. The van der Waals surface area contributed by atoms with Gasteiger partial charge in [0.15, 0.2) is 6.10 Å². The summed E-state index contributed by atoms with van der Waals surface area (Å²) in [4.78, 5) is 23.6. The number of carbonyl (C=O) groups excluding carboxylic acids is 2. The SMILES string of the molecule is CC(Oc1ccc(F)cc1)C(=O)NNC(=O)/C=C/c1ccc(Cl)cc1. The summed E-state index contributed by atoms with van der Waals surface area (Å²) < 4.78 is 18.2. The van der Waals surface area contributed by atoms with Crippen molar-refractivity contribution in [1.82, 2.24) is 10.9 Å². The predicted molar refractivity (Wildman–Crippen MR) is 93.3 cm³/mol. The molecule has 0 fully saturated rings. The molecule has 0 saturated heterocycles. The minimum Gasteiger partial charge on any atom is -0.481 e. The molecule has 0 saturated carbocycles. The Morgan fingerprint density at radius 2 is 1.72 bits per heavy atom. The van der Waals surface area contributed by atoms with Crippen LogP contribution in [0, 0.1) is 5.82 Å². The van der Waals surface area contributed by atoms with Gasteiger partial charge in [0.25, 0.3) is 11.8 Å². The number of halogens is 2. The normalized spacial score (nSPS) is 11.8. The van der Waals surface area contributed by atoms with Gasteiger partial charge in [-0.25, -0.2) is 4.39 Å². The zero-order chi connectivity index (χ0) is 18.2. The second kappa shape index (κ2) is 8.84. The summed E-state index contributed by atoms with van der Waals surface area (Å²) in [7, 11) is 0. The van der Waals surface area contributed by atoms with Crippen molar-refractivity contribution in [3.05, 3.63) is 71.0 Å². The number of rotatable bonds is 5. The lowest BCUT2D eigenvalue weighted by atomic mass is 10.2. The van der Waals surface area contributed by atoms with E-state index in [1.165, 1.54) is 37.3 Å². The quantitative estimate of drug-likeness (QED) is 0.634. The van der Waals surface area contributed by atoms with Crippen molar-refractivity contribution >= 4 is 29.5 Å². The maximum atomic E-state index is 12.8. The van der Waals surface area contributed by atoms with Crippen molar-refractivity contribution in [1.29, 1.82) is 0 Å². The number of carbonyl (C=O) groups is 2. The van der Waals surface area contributed by atoms with Gasteiger partial charge in [0.1, 0.15) is 11.6 Å². The van der Waals surface area contributed by atoms with E-state index in [2.05, 4.69) is 10.9 Å². The number of nitrogens with one attached hydrogen (secondary N) is 2. The molecule has 7 heteroatoms. The van der Waals surface area contributed by atoms with Gasteiger partial charge in [0.2, 0.25) is 0 Å². The van der Waals surface area contributed by atoms with Crippen molar-refractivity contribution < 1.29 is 18.7 Å². The number of benzene rings is 2. The second-order valence-electron chi connectivity index (χ2n) is 5.08. The van der Waals surface area contributed by atoms with Gasteiger partial charge in [-0.3, -0.25) is 20.4 Å². The van der Waals surface area contributed by atoms with Crippen LogP contribution in [0.5, 0.6) is 5.75 Å². The third-order valence-corrected chi connectivity index (χ3v) is 3.35. The van der Waals surface area contributed by atoms with Crippen LogP contribution < -0.4 is 15.6 Å². The fraction of sp³-hybridized carbons (Fsp3) is 0.111. The molecule has 2 N–H and O–H groups in total. The fourth-order valence-corrected chi connectivity index (χ4v) is 1.91. The predicted octanol–water partition coefficient (Wildman–Crippen LogP) is 3.11. The van der Waals surface area contributed by atoms with Gasteiger partial charge >= 0.3 is 0 Å². The van der Waals surface area contributed by atoms with Gasteiger partial charge in [-0.1, -0.05) is 23.7 Å². The summed E-state index contributed by atoms with van der Waals surface area (Å²) in [6.07, 6.45) is 1.98. The molecule has 25 heavy (non-hydrogen) atoms. The topological polar surface area (TPSA) is 67.4 Å². The van der Waals surface area contributed by atoms with Gasteiger partial charge in [0.05, 0.1) is 0 Å². The average molecular weight is 363 g/mol. The maximum Gasteiger partial charge on any atom is 0.279 e. The molecule has 1 atom stereocenters. The third-order valence-electron chi connectivity index (χ3n) is 3.10. The lowest BCUT2D eigenvalue weighted by Crippen LogP contribution is -2.46. The minimum absolute atomic E-state index is 0.345. The number of hydrazine groups is 1. The molecule has 2 amide bonds. The fourth-order valence-electron chi connectivity index (χ4n) is 1.78. The van der Waals surface area contributed by atoms with Crippen molar-refractivity contribution in [3.63, 3.8) is 0 Å². The van der Waals surface area contributed by atoms with Crippen LogP contribution in [0.1, 0.15) is 12.5 Å². The van der Waals surface area contributed by atoms with Crippen LogP contribution in [0.3, 0.4) is 0 Å². The minimum atomic E-state index is -0.869. The van der Waals surface area contributed by atoms with E-state index in [9.17, 15) is 14.0 Å². The Bertz CT molecular complexity index is 761. The number of hydrogen-bond acceptors (Lipinski definition) is 3. The Hall–Kier alpha value is -2.86. The van der Waals surface area contributed by atoms with E-state index in [1.807, 2.05) is 0 Å². The molecule has 0 radical (unpaired) electrons. The summed E-state index contributed by atoms with van der Waals surface area (Å²) in [6.45, 7) is 1.51. The largest absolute Gasteiger partial charge is 0.481 e. The Labute approximate surface area is 149 Å². The van der Waals surface area contributed by atoms with Crippen molar-refractivity contribution in [3.8, 4) is 5.75 Å².